The Labute approximate surface area is 167 Å². The van der Waals surface area contributed by atoms with Crippen LogP contribution in [0.25, 0.3) is 0 Å². The third kappa shape index (κ3) is 5.33. The number of benzene rings is 1. The van der Waals surface area contributed by atoms with Crippen molar-refractivity contribution < 1.29 is 36.7 Å². The van der Waals surface area contributed by atoms with E-state index < -0.39 is 42.2 Å². The number of esters is 1. The predicted octanol–water partition coefficient (Wildman–Crippen LogP) is 4.91. The summed E-state index contributed by atoms with van der Waals surface area (Å²) in [5.74, 6) is -1.63. The Morgan fingerprint density at radius 2 is 1.79 bits per heavy atom. The molecule has 1 fully saturated rings. The molecule has 156 valence electrons. The van der Waals surface area contributed by atoms with Gasteiger partial charge in [-0.1, -0.05) is 17.7 Å². The van der Waals surface area contributed by atoms with Gasteiger partial charge in [-0.15, -0.1) is 13.2 Å². The van der Waals surface area contributed by atoms with Crippen molar-refractivity contribution in [2.75, 3.05) is 6.61 Å². The minimum Gasteiger partial charge on any atom is -0.466 e. The third-order valence-electron chi connectivity index (χ3n) is 4.90. The number of rotatable bonds is 6. The average Bonchev–Trinajstić information content (AvgIpc) is 2.74. The summed E-state index contributed by atoms with van der Waals surface area (Å²) < 4.78 is 58.4. The molecule has 5 nitrogen and oxygen atoms in total. The maximum atomic E-state index is 12.5. The molecule has 0 amide bonds. The molecule has 1 aromatic carbocycles. The van der Waals surface area contributed by atoms with Gasteiger partial charge < -0.3 is 18.8 Å². The monoisotopic (exact) mass is 422 g/mol. The quantitative estimate of drug-likeness (QED) is 0.482. The van der Waals surface area contributed by atoms with Gasteiger partial charge >= 0.3 is 19.5 Å². The Morgan fingerprint density at radius 3 is 2.25 bits per heavy atom. The molecule has 10 heteroatoms. The standard InChI is InChI=1S/C18H23BClF3O5/c1-6-25-15(24)10-12(19-27-16(2,3)17(4,5)28-19)11-7-8-14(13(20)9-11)26-18(21,22)23/h7-9,12H,6,10H2,1-5H3. The first-order valence-corrected chi connectivity index (χ1v) is 9.20. The maximum Gasteiger partial charge on any atom is 0.573 e. The van der Waals surface area contributed by atoms with Gasteiger partial charge in [0, 0.05) is 5.82 Å². The molecular formula is C18H23BClF3O5. The van der Waals surface area contributed by atoms with Crippen LogP contribution in [-0.4, -0.2) is 37.3 Å². The second-order valence-corrected chi connectivity index (χ2v) is 7.89. The first-order valence-electron chi connectivity index (χ1n) is 8.82. The zero-order chi connectivity index (χ0) is 21.3. The number of halogens is 4. The molecule has 1 unspecified atom stereocenters. The molecule has 1 aromatic rings. The van der Waals surface area contributed by atoms with Crippen molar-refractivity contribution in [3.05, 3.63) is 28.8 Å². The van der Waals surface area contributed by atoms with Crippen molar-refractivity contribution >= 4 is 24.7 Å². The van der Waals surface area contributed by atoms with Gasteiger partial charge in [-0.05, 0) is 52.3 Å². The Kier molecular flexibility index (Phi) is 6.63. The van der Waals surface area contributed by atoms with Gasteiger partial charge in [-0.2, -0.15) is 0 Å². The van der Waals surface area contributed by atoms with E-state index in [4.69, 9.17) is 25.6 Å². The Bertz CT molecular complexity index is 708. The topological polar surface area (TPSA) is 54.0 Å². The first kappa shape index (κ1) is 22.8. The highest BCUT2D eigenvalue weighted by Gasteiger charge is 2.54. The van der Waals surface area contributed by atoms with Crippen molar-refractivity contribution in [3.63, 3.8) is 0 Å². The van der Waals surface area contributed by atoms with Gasteiger partial charge in [0.25, 0.3) is 0 Å². The van der Waals surface area contributed by atoms with Crippen LogP contribution in [0.2, 0.25) is 5.02 Å². The van der Waals surface area contributed by atoms with Gasteiger partial charge in [0.15, 0.2) is 0 Å². The van der Waals surface area contributed by atoms with Crippen molar-refractivity contribution in [2.24, 2.45) is 0 Å². The highest BCUT2D eigenvalue weighted by molar-refractivity contribution is 6.48. The Hall–Kier alpha value is -1.45. The summed E-state index contributed by atoms with van der Waals surface area (Å²) in [6.07, 6.45) is -4.94. The molecule has 0 saturated carbocycles. The Balaban J connectivity index is 2.35. The molecule has 2 rings (SSSR count). The van der Waals surface area contributed by atoms with Crippen molar-refractivity contribution in [3.8, 4) is 5.75 Å². The van der Waals surface area contributed by atoms with E-state index in [1.165, 1.54) is 12.1 Å². The number of hydrogen-bond donors (Lipinski definition) is 0. The number of ether oxygens (including phenoxy) is 2. The first-order chi connectivity index (χ1) is 12.8. The number of carbonyl (C=O) groups is 1. The summed E-state index contributed by atoms with van der Waals surface area (Å²) in [6, 6.07) is 3.83. The van der Waals surface area contributed by atoms with Gasteiger partial charge in [0.2, 0.25) is 0 Å². The van der Waals surface area contributed by atoms with Gasteiger partial charge in [-0.3, -0.25) is 4.79 Å². The molecule has 1 aliphatic rings. The molecule has 0 aromatic heterocycles. The summed E-state index contributed by atoms with van der Waals surface area (Å²) >= 11 is 5.97. The van der Waals surface area contributed by atoms with Crippen LogP contribution in [0.15, 0.2) is 18.2 Å². The molecule has 1 atom stereocenters. The van der Waals surface area contributed by atoms with E-state index in [2.05, 4.69) is 4.74 Å². The van der Waals surface area contributed by atoms with Crippen LogP contribution >= 0.6 is 11.6 Å². The minimum atomic E-state index is -4.86. The molecule has 0 N–H and O–H groups in total. The lowest BCUT2D eigenvalue weighted by molar-refractivity contribution is -0.274. The van der Waals surface area contributed by atoms with Crippen molar-refractivity contribution in [1.82, 2.24) is 0 Å². The minimum absolute atomic E-state index is 0.0829. The van der Waals surface area contributed by atoms with Crippen LogP contribution in [0.1, 0.15) is 52.4 Å². The van der Waals surface area contributed by atoms with Crippen LogP contribution in [-0.2, 0) is 18.8 Å². The highest BCUT2D eigenvalue weighted by Crippen LogP contribution is 2.43. The predicted molar refractivity (Wildman–Crippen MR) is 98.2 cm³/mol. The molecule has 0 radical (unpaired) electrons. The fraction of sp³-hybridized carbons (Fsp3) is 0.611. The van der Waals surface area contributed by atoms with Crippen molar-refractivity contribution in [2.45, 2.75) is 64.4 Å². The number of hydrogen-bond acceptors (Lipinski definition) is 5. The van der Waals surface area contributed by atoms with E-state index in [1.807, 2.05) is 27.7 Å². The van der Waals surface area contributed by atoms with E-state index in [0.29, 0.717) is 5.56 Å². The van der Waals surface area contributed by atoms with E-state index in [9.17, 15) is 18.0 Å². The summed E-state index contributed by atoms with van der Waals surface area (Å²) in [7, 11) is -0.806. The molecule has 0 bridgehead atoms. The SMILES string of the molecule is CCOC(=O)CC(B1OC(C)(C)C(C)(C)O1)c1ccc(OC(F)(F)F)c(Cl)c1. The zero-order valence-corrected chi connectivity index (χ0v) is 17.1. The summed E-state index contributed by atoms with van der Waals surface area (Å²) in [5.41, 5.74) is -0.812. The van der Waals surface area contributed by atoms with E-state index in [-0.39, 0.29) is 18.1 Å². The molecule has 1 saturated heterocycles. The molecule has 28 heavy (non-hydrogen) atoms. The number of carbonyl (C=O) groups excluding carboxylic acids is 1. The summed E-state index contributed by atoms with van der Waals surface area (Å²) in [5, 5.41) is -0.236. The lowest BCUT2D eigenvalue weighted by Gasteiger charge is -2.32. The largest absolute Gasteiger partial charge is 0.573 e. The molecule has 1 aliphatic heterocycles. The van der Waals surface area contributed by atoms with Gasteiger partial charge in [0.1, 0.15) is 5.75 Å². The van der Waals surface area contributed by atoms with Crippen LogP contribution in [0.5, 0.6) is 5.75 Å². The third-order valence-corrected chi connectivity index (χ3v) is 5.20. The van der Waals surface area contributed by atoms with Gasteiger partial charge in [-0.25, -0.2) is 0 Å². The van der Waals surface area contributed by atoms with Crippen LogP contribution < -0.4 is 4.74 Å². The smallest absolute Gasteiger partial charge is 0.466 e. The zero-order valence-electron chi connectivity index (χ0n) is 16.4. The highest BCUT2D eigenvalue weighted by atomic mass is 35.5. The van der Waals surface area contributed by atoms with Crippen LogP contribution in [0.4, 0.5) is 13.2 Å². The lowest BCUT2D eigenvalue weighted by Crippen LogP contribution is -2.41. The lowest BCUT2D eigenvalue weighted by atomic mass is 9.66. The second-order valence-electron chi connectivity index (χ2n) is 7.48. The molecule has 1 heterocycles. The summed E-state index contributed by atoms with van der Waals surface area (Å²) in [6.45, 7) is 9.34. The average molecular weight is 423 g/mol. The van der Waals surface area contributed by atoms with E-state index in [0.717, 1.165) is 6.07 Å². The van der Waals surface area contributed by atoms with E-state index >= 15 is 0 Å². The van der Waals surface area contributed by atoms with Crippen LogP contribution in [0, 0.1) is 0 Å². The number of alkyl halides is 3. The van der Waals surface area contributed by atoms with Crippen LogP contribution in [0.3, 0.4) is 0 Å². The summed E-state index contributed by atoms with van der Waals surface area (Å²) in [4.78, 5) is 12.1. The fourth-order valence-corrected chi connectivity index (χ4v) is 3.01. The molecular weight excluding hydrogens is 399 g/mol. The maximum absolute atomic E-state index is 12.5. The van der Waals surface area contributed by atoms with Crippen molar-refractivity contribution in [1.29, 1.82) is 0 Å². The molecule has 0 spiro atoms. The second kappa shape index (κ2) is 8.12. The fourth-order valence-electron chi connectivity index (χ4n) is 2.78. The Morgan fingerprint density at radius 1 is 1.21 bits per heavy atom. The molecule has 0 aliphatic carbocycles. The van der Waals surface area contributed by atoms with E-state index in [1.54, 1.807) is 6.92 Å². The normalized spacial score (nSPS) is 19.4. The van der Waals surface area contributed by atoms with Gasteiger partial charge in [0.05, 0.1) is 29.3 Å².